The van der Waals surface area contributed by atoms with Crippen LogP contribution >= 0.6 is 0 Å². The number of nitrogens with zero attached hydrogens (tertiary/aromatic N) is 4. The summed E-state index contributed by atoms with van der Waals surface area (Å²) in [7, 11) is 0. The number of fused-ring (bicyclic) bond motifs is 1. The van der Waals surface area contributed by atoms with E-state index in [1.54, 1.807) is 0 Å². The zero-order valence-electron chi connectivity index (χ0n) is 9.15. The Morgan fingerprint density at radius 1 is 1.44 bits per heavy atom. The Hall–Kier alpha value is -0.870. The molecule has 0 N–H and O–H groups in total. The van der Waals surface area contributed by atoms with Crippen LogP contribution in [0, 0.1) is 11.8 Å². The predicted octanol–water partition coefficient (Wildman–Crippen LogP) is 2.66. The summed E-state index contributed by atoms with van der Waals surface area (Å²) in [5, 5.41) is 3.44. The molecular formula is C10H16F2N4. The standard InChI is InChI=1S/C10H16F2N4/c11-10(12)3-1-2-8-6-16(7-9(8)10)5-4-14-15-13/h8-9H,1-7H2/t8-,9+/m1/s1. The minimum absolute atomic E-state index is 0.0400. The van der Waals surface area contributed by atoms with E-state index in [-0.39, 0.29) is 12.3 Å². The average Bonchev–Trinajstić information content (AvgIpc) is 2.62. The minimum atomic E-state index is -2.49. The lowest BCUT2D eigenvalue weighted by molar-refractivity contribution is -0.0945. The van der Waals surface area contributed by atoms with Crippen LogP contribution in [0.5, 0.6) is 0 Å². The second kappa shape index (κ2) is 4.55. The summed E-state index contributed by atoms with van der Waals surface area (Å²) in [6.07, 6.45) is 1.59. The van der Waals surface area contributed by atoms with E-state index in [1.165, 1.54) is 0 Å². The van der Waals surface area contributed by atoms with Gasteiger partial charge in [0.25, 0.3) is 5.92 Å². The van der Waals surface area contributed by atoms with Crippen molar-refractivity contribution < 1.29 is 8.78 Å². The van der Waals surface area contributed by atoms with E-state index in [9.17, 15) is 8.78 Å². The Bertz CT molecular complexity index is 301. The molecular weight excluding hydrogens is 214 g/mol. The molecule has 4 nitrogen and oxygen atoms in total. The van der Waals surface area contributed by atoms with Crippen LogP contribution in [0.15, 0.2) is 5.11 Å². The van der Waals surface area contributed by atoms with E-state index in [4.69, 9.17) is 5.53 Å². The maximum absolute atomic E-state index is 13.6. The summed E-state index contributed by atoms with van der Waals surface area (Å²) in [6.45, 7) is 2.18. The molecule has 2 aliphatic rings. The van der Waals surface area contributed by atoms with Crippen molar-refractivity contribution in [1.82, 2.24) is 4.90 Å². The van der Waals surface area contributed by atoms with Crippen LogP contribution in [0.25, 0.3) is 10.4 Å². The normalized spacial score (nSPS) is 33.1. The largest absolute Gasteiger partial charge is 0.302 e. The third-order valence-electron chi connectivity index (χ3n) is 3.72. The number of hydrogen-bond acceptors (Lipinski definition) is 2. The molecule has 2 fully saturated rings. The molecule has 1 heterocycles. The van der Waals surface area contributed by atoms with Crippen molar-refractivity contribution in [2.75, 3.05) is 26.2 Å². The molecule has 0 radical (unpaired) electrons. The number of hydrogen-bond donors (Lipinski definition) is 0. The molecule has 90 valence electrons. The summed E-state index contributed by atoms with van der Waals surface area (Å²) in [4.78, 5) is 4.67. The molecule has 0 unspecified atom stereocenters. The SMILES string of the molecule is [N-]=[N+]=NCCN1C[C@H]2CCCC(F)(F)[C@H]2C1. The summed E-state index contributed by atoms with van der Waals surface area (Å²) in [5.41, 5.74) is 8.15. The first-order valence-electron chi connectivity index (χ1n) is 5.74. The third kappa shape index (κ3) is 2.28. The predicted molar refractivity (Wildman–Crippen MR) is 56.2 cm³/mol. The molecule has 0 bridgehead atoms. The molecule has 1 saturated heterocycles. The molecule has 0 aromatic heterocycles. The van der Waals surface area contributed by atoms with Gasteiger partial charge < -0.3 is 4.90 Å². The minimum Gasteiger partial charge on any atom is -0.302 e. The highest BCUT2D eigenvalue weighted by Crippen LogP contribution is 2.45. The Morgan fingerprint density at radius 2 is 2.25 bits per heavy atom. The first-order valence-corrected chi connectivity index (χ1v) is 5.74. The van der Waals surface area contributed by atoms with Gasteiger partial charge in [0.05, 0.1) is 0 Å². The highest BCUT2D eigenvalue weighted by molar-refractivity contribution is 4.95. The molecule has 0 aromatic rings. The van der Waals surface area contributed by atoms with Gasteiger partial charge in [0.1, 0.15) is 0 Å². The van der Waals surface area contributed by atoms with Crippen molar-refractivity contribution in [3.8, 4) is 0 Å². The zero-order chi connectivity index (χ0) is 11.6. The van der Waals surface area contributed by atoms with Crippen LogP contribution in [-0.2, 0) is 0 Å². The molecule has 2 rings (SSSR count). The topological polar surface area (TPSA) is 52.0 Å². The second-order valence-electron chi connectivity index (χ2n) is 4.73. The van der Waals surface area contributed by atoms with Gasteiger partial charge in [-0.2, -0.15) is 0 Å². The Balaban J connectivity index is 1.91. The molecule has 1 aliphatic heterocycles. The molecule has 6 heteroatoms. The van der Waals surface area contributed by atoms with Crippen LogP contribution in [-0.4, -0.2) is 37.0 Å². The fourth-order valence-corrected chi connectivity index (χ4v) is 2.93. The van der Waals surface area contributed by atoms with Crippen molar-refractivity contribution in [3.63, 3.8) is 0 Å². The van der Waals surface area contributed by atoms with Crippen molar-refractivity contribution in [3.05, 3.63) is 10.4 Å². The van der Waals surface area contributed by atoms with Crippen LogP contribution < -0.4 is 0 Å². The molecule has 0 aromatic carbocycles. The maximum atomic E-state index is 13.6. The Kier molecular flexibility index (Phi) is 3.30. The zero-order valence-corrected chi connectivity index (χ0v) is 9.15. The van der Waals surface area contributed by atoms with Gasteiger partial charge in [0, 0.05) is 43.4 Å². The summed E-state index contributed by atoms with van der Waals surface area (Å²) < 4.78 is 27.2. The Morgan fingerprint density at radius 3 is 2.94 bits per heavy atom. The highest BCUT2D eigenvalue weighted by Gasteiger charge is 2.50. The summed E-state index contributed by atoms with van der Waals surface area (Å²) in [5.74, 6) is -2.84. The molecule has 1 aliphatic carbocycles. The molecule has 0 spiro atoms. The van der Waals surface area contributed by atoms with Crippen LogP contribution in [0.2, 0.25) is 0 Å². The molecule has 16 heavy (non-hydrogen) atoms. The smallest absolute Gasteiger partial charge is 0.252 e. The van der Waals surface area contributed by atoms with E-state index in [0.717, 1.165) is 13.0 Å². The van der Waals surface area contributed by atoms with Crippen molar-refractivity contribution in [1.29, 1.82) is 0 Å². The number of likely N-dealkylation sites (tertiary alicyclic amines) is 1. The lowest BCUT2D eigenvalue weighted by Crippen LogP contribution is -2.37. The van der Waals surface area contributed by atoms with E-state index in [1.807, 2.05) is 4.90 Å². The van der Waals surface area contributed by atoms with Crippen LogP contribution in [0.4, 0.5) is 8.78 Å². The van der Waals surface area contributed by atoms with E-state index < -0.39 is 11.8 Å². The van der Waals surface area contributed by atoms with E-state index in [0.29, 0.717) is 26.1 Å². The van der Waals surface area contributed by atoms with Gasteiger partial charge in [0.2, 0.25) is 0 Å². The van der Waals surface area contributed by atoms with Crippen molar-refractivity contribution >= 4 is 0 Å². The third-order valence-corrected chi connectivity index (χ3v) is 3.72. The fourth-order valence-electron chi connectivity index (χ4n) is 2.93. The second-order valence-corrected chi connectivity index (χ2v) is 4.73. The van der Waals surface area contributed by atoms with Gasteiger partial charge in [0.15, 0.2) is 0 Å². The van der Waals surface area contributed by atoms with Gasteiger partial charge in [-0.25, -0.2) is 8.78 Å². The lowest BCUT2D eigenvalue weighted by Gasteiger charge is -2.32. The first kappa shape index (κ1) is 11.6. The monoisotopic (exact) mass is 230 g/mol. The quantitative estimate of drug-likeness (QED) is 0.417. The first-order chi connectivity index (χ1) is 7.63. The molecule has 1 saturated carbocycles. The highest BCUT2D eigenvalue weighted by atomic mass is 19.3. The fraction of sp³-hybridized carbons (Fsp3) is 1.00. The van der Waals surface area contributed by atoms with E-state index in [2.05, 4.69) is 10.0 Å². The molecule has 0 amide bonds. The average molecular weight is 230 g/mol. The van der Waals surface area contributed by atoms with Crippen LogP contribution in [0.1, 0.15) is 19.3 Å². The maximum Gasteiger partial charge on any atom is 0.252 e. The number of halogens is 2. The molecule has 2 atom stereocenters. The van der Waals surface area contributed by atoms with Crippen molar-refractivity contribution in [2.24, 2.45) is 17.0 Å². The number of rotatable bonds is 3. The van der Waals surface area contributed by atoms with Crippen LogP contribution in [0.3, 0.4) is 0 Å². The summed E-state index contributed by atoms with van der Waals surface area (Å²) >= 11 is 0. The van der Waals surface area contributed by atoms with E-state index >= 15 is 0 Å². The van der Waals surface area contributed by atoms with Gasteiger partial charge in [-0.3, -0.25) is 0 Å². The Labute approximate surface area is 93.2 Å². The van der Waals surface area contributed by atoms with Gasteiger partial charge >= 0.3 is 0 Å². The summed E-state index contributed by atoms with van der Waals surface area (Å²) in [6, 6.07) is 0. The number of alkyl halides is 2. The lowest BCUT2D eigenvalue weighted by atomic mass is 9.79. The van der Waals surface area contributed by atoms with Gasteiger partial charge in [-0.15, -0.1) is 0 Å². The number of azide groups is 1. The van der Waals surface area contributed by atoms with Crippen molar-refractivity contribution in [2.45, 2.75) is 25.2 Å². The van der Waals surface area contributed by atoms with Gasteiger partial charge in [-0.05, 0) is 24.3 Å². The van der Waals surface area contributed by atoms with Gasteiger partial charge in [-0.1, -0.05) is 5.11 Å².